The molecule has 178 valence electrons. The number of imide groups is 1. The van der Waals surface area contributed by atoms with Crippen LogP contribution in [0.15, 0.2) is 30.5 Å². The molecule has 8 heteroatoms. The number of piperidine rings is 1. The van der Waals surface area contributed by atoms with Gasteiger partial charge in [0.2, 0.25) is 5.91 Å². The first-order valence-corrected chi connectivity index (χ1v) is 11.8. The smallest absolute Gasteiger partial charge is 0.324 e. The maximum absolute atomic E-state index is 12.8. The van der Waals surface area contributed by atoms with Crippen LogP contribution in [0.1, 0.15) is 58.9 Å². The number of carbonyl (C=O) groups excluding carboxylic acids is 3. The highest BCUT2D eigenvalue weighted by molar-refractivity contribution is 6.04. The Morgan fingerprint density at radius 2 is 1.82 bits per heavy atom. The summed E-state index contributed by atoms with van der Waals surface area (Å²) in [5.74, 6) is -0.329. The molecular weight excluding hydrogens is 418 g/mol. The summed E-state index contributed by atoms with van der Waals surface area (Å²) in [6, 6.07) is 7.02. The van der Waals surface area contributed by atoms with Crippen LogP contribution >= 0.6 is 0 Å². The average Bonchev–Trinajstić information content (AvgIpc) is 3.23. The second-order valence-corrected chi connectivity index (χ2v) is 10.7. The molecule has 1 atom stereocenters. The Labute approximate surface area is 194 Å². The molecule has 2 saturated heterocycles. The van der Waals surface area contributed by atoms with Crippen LogP contribution in [-0.2, 0) is 16.0 Å². The van der Waals surface area contributed by atoms with Gasteiger partial charge in [0.05, 0.1) is 0 Å². The molecule has 4 N–H and O–H groups in total. The van der Waals surface area contributed by atoms with E-state index in [4.69, 9.17) is 0 Å². The third kappa shape index (κ3) is 5.38. The maximum atomic E-state index is 12.8. The molecule has 0 bridgehead atoms. The molecule has 2 aliphatic rings. The van der Waals surface area contributed by atoms with Crippen molar-refractivity contribution in [3.05, 3.63) is 36.0 Å². The summed E-state index contributed by atoms with van der Waals surface area (Å²) in [6.07, 6.45) is 4.72. The molecular formula is C25H35N5O3. The Bertz CT molecular complexity index is 1040. The quantitative estimate of drug-likeness (QED) is 0.484. The molecule has 0 radical (unpaired) electrons. The minimum atomic E-state index is -0.646. The molecule has 2 fully saturated rings. The van der Waals surface area contributed by atoms with E-state index in [2.05, 4.69) is 48.6 Å². The van der Waals surface area contributed by atoms with Gasteiger partial charge in [0.1, 0.15) is 6.04 Å². The molecule has 3 heterocycles. The van der Waals surface area contributed by atoms with Gasteiger partial charge in [-0.2, -0.15) is 0 Å². The predicted octanol–water partition coefficient (Wildman–Crippen LogP) is 2.84. The van der Waals surface area contributed by atoms with E-state index >= 15 is 0 Å². The monoisotopic (exact) mass is 453 g/mol. The summed E-state index contributed by atoms with van der Waals surface area (Å²) in [4.78, 5) is 42.3. The number of H-pyrrole nitrogens is 1. The van der Waals surface area contributed by atoms with Gasteiger partial charge in [0, 0.05) is 47.2 Å². The molecule has 0 aliphatic carbocycles. The van der Waals surface area contributed by atoms with Gasteiger partial charge >= 0.3 is 6.03 Å². The predicted molar refractivity (Wildman–Crippen MR) is 128 cm³/mol. The summed E-state index contributed by atoms with van der Waals surface area (Å²) in [5.41, 5.74) is 2.00. The van der Waals surface area contributed by atoms with Crippen molar-refractivity contribution < 1.29 is 14.4 Å². The summed E-state index contributed by atoms with van der Waals surface area (Å²) >= 11 is 0. The van der Waals surface area contributed by atoms with Gasteiger partial charge in [-0.3, -0.25) is 14.5 Å². The zero-order valence-corrected chi connectivity index (χ0v) is 20.0. The Balaban J connectivity index is 1.27. The van der Waals surface area contributed by atoms with E-state index in [1.54, 1.807) is 0 Å². The van der Waals surface area contributed by atoms with E-state index in [-0.39, 0.29) is 41.4 Å². The van der Waals surface area contributed by atoms with Gasteiger partial charge in [-0.05, 0) is 65.0 Å². The molecule has 8 nitrogen and oxygen atoms in total. The lowest BCUT2D eigenvalue weighted by Gasteiger charge is -2.46. The first-order chi connectivity index (χ1) is 15.5. The number of hydrogen-bond donors (Lipinski definition) is 4. The highest BCUT2D eigenvalue weighted by Crippen LogP contribution is 2.28. The van der Waals surface area contributed by atoms with Crippen molar-refractivity contribution in [1.82, 2.24) is 25.8 Å². The van der Waals surface area contributed by atoms with Crippen LogP contribution in [-0.4, -0.2) is 57.4 Å². The fourth-order valence-corrected chi connectivity index (χ4v) is 5.55. The highest BCUT2D eigenvalue weighted by atomic mass is 16.2. The third-order valence-electron chi connectivity index (χ3n) is 6.60. The van der Waals surface area contributed by atoms with Crippen LogP contribution < -0.4 is 16.0 Å². The number of urea groups is 1. The van der Waals surface area contributed by atoms with Crippen molar-refractivity contribution >= 4 is 28.7 Å². The molecule has 2 aliphatic heterocycles. The van der Waals surface area contributed by atoms with Crippen molar-refractivity contribution in [2.45, 2.75) is 83.0 Å². The Kier molecular flexibility index (Phi) is 6.22. The number of rotatable bonds is 7. The van der Waals surface area contributed by atoms with Crippen LogP contribution in [0.2, 0.25) is 0 Å². The van der Waals surface area contributed by atoms with E-state index in [0.717, 1.165) is 29.3 Å². The molecule has 2 aromatic rings. The van der Waals surface area contributed by atoms with Crippen LogP contribution in [0.25, 0.3) is 10.9 Å². The van der Waals surface area contributed by atoms with Gasteiger partial charge < -0.3 is 20.9 Å². The minimum absolute atomic E-state index is 0.0552. The number of amides is 4. The van der Waals surface area contributed by atoms with Gasteiger partial charge in [-0.1, -0.05) is 18.2 Å². The number of benzene rings is 1. The zero-order chi connectivity index (χ0) is 23.8. The van der Waals surface area contributed by atoms with Gasteiger partial charge in [-0.15, -0.1) is 0 Å². The summed E-state index contributed by atoms with van der Waals surface area (Å²) in [7, 11) is 0. The van der Waals surface area contributed by atoms with Crippen LogP contribution in [0.4, 0.5) is 4.79 Å². The molecule has 0 spiro atoms. The molecule has 4 amide bonds. The van der Waals surface area contributed by atoms with Crippen molar-refractivity contribution in [3.8, 4) is 0 Å². The average molecular weight is 454 g/mol. The number of nitrogens with one attached hydrogen (secondary N) is 4. The Hall–Kier alpha value is -2.87. The summed E-state index contributed by atoms with van der Waals surface area (Å²) in [5, 5.41) is 10.6. The number of aromatic nitrogens is 1. The molecule has 1 aromatic carbocycles. The lowest BCUT2D eigenvalue weighted by atomic mass is 9.79. The second-order valence-electron chi connectivity index (χ2n) is 10.7. The van der Waals surface area contributed by atoms with E-state index in [1.165, 1.54) is 4.90 Å². The Morgan fingerprint density at radius 3 is 2.55 bits per heavy atom. The fourth-order valence-electron chi connectivity index (χ4n) is 5.55. The fraction of sp³-hybridized carbons (Fsp3) is 0.560. The van der Waals surface area contributed by atoms with Crippen molar-refractivity contribution in [1.29, 1.82) is 0 Å². The van der Waals surface area contributed by atoms with E-state index < -0.39 is 6.04 Å². The number of fused-ring (bicyclic) bond motifs is 1. The van der Waals surface area contributed by atoms with E-state index in [1.807, 2.05) is 30.5 Å². The SMILES string of the molecule is CC1(C)CC(NC(=O)CC[C@H]2NC(=O)N(CCc3c[nH]c4ccccc34)C2=O)CC(C)(C)N1. The lowest BCUT2D eigenvalue weighted by molar-refractivity contribution is -0.127. The molecule has 0 saturated carbocycles. The summed E-state index contributed by atoms with van der Waals surface area (Å²) in [6.45, 7) is 8.89. The van der Waals surface area contributed by atoms with Crippen LogP contribution in [0.3, 0.4) is 0 Å². The number of nitrogens with zero attached hydrogens (tertiary/aromatic N) is 1. The molecule has 33 heavy (non-hydrogen) atoms. The standard InChI is InChI=1S/C25H35N5O3/c1-24(2)13-17(14-25(3,4)29-24)27-21(31)10-9-20-22(32)30(23(33)28-20)12-11-16-15-26-19-8-6-5-7-18(16)19/h5-8,15,17,20,26,29H,9-14H2,1-4H3,(H,27,31)(H,28,33)/t20-/m1/s1. The number of para-hydroxylation sites is 1. The topological polar surface area (TPSA) is 106 Å². The second kappa shape index (κ2) is 8.82. The molecule has 1 aromatic heterocycles. The number of hydrogen-bond acceptors (Lipinski definition) is 4. The van der Waals surface area contributed by atoms with Crippen LogP contribution in [0.5, 0.6) is 0 Å². The van der Waals surface area contributed by atoms with Gasteiger partial charge in [-0.25, -0.2) is 4.79 Å². The largest absolute Gasteiger partial charge is 0.361 e. The Morgan fingerprint density at radius 1 is 1.12 bits per heavy atom. The highest BCUT2D eigenvalue weighted by Gasteiger charge is 2.39. The first-order valence-electron chi connectivity index (χ1n) is 11.8. The lowest BCUT2D eigenvalue weighted by Crippen LogP contribution is -2.62. The maximum Gasteiger partial charge on any atom is 0.324 e. The van der Waals surface area contributed by atoms with Gasteiger partial charge in [0.15, 0.2) is 0 Å². The zero-order valence-electron chi connectivity index (χ0n) is 20.0. The number of aromatic amines is 1. The molecule has 4 rings (SSSR count). The van der Waals surface area contributed by atoms with E-state index in [0.29, 0.717) is 19.4 Å². The van der Waals surface area contributed by atoms with Crippen molar-refractivity contribution in [2.24, 2.45) is 0 Å². The normalized spacial score (nSPS) is 22.5. The first kappa shape index (κ1) is 23.3. The van der Waals surface area contributed by atoms with Crippen molar-refractivity contribution in [2.75, 3.05) is 6.54 Å². The van der Waals surface area contributed by atoms with Crippen LogP contribution in [0, 0.1) is 0 Å². The van der Waals surface area contributed by atoms with Crippen molar-refractivity contribution in [3.63, 3.8) is 0 Å². The summed E-state index contributed by atoms with van der Waals surface area (Å²) < 4.78 is 0. The minimum Gasteiger partial charge on any atom is -0.361 e. The molecule has 0 unspecified atom stereocenters. The van der Waals surface area contributed by atoms with Gasteiger partial charge in [0.25, 0.3) is 5.91 Å². The number of carbonyl (C=O) groups is 3. The van der Waals surface area contributed by atoms with E-state index in [9.17, 15) is 14.4 Å². The third-order valence-corrected chi connectivity index (χ3v) is 6.60.